The van der Waals surface area contributed by atoms with Crippen LogP contribution in [0, 0.1) is 5.82 Å². The summed E-state index contributed by atoms with van der Waals surface area (Å²) in [4.78, 5) is 27.8. The molecule has 0 aromatic heterocycles. The molecule has 184 valence electrons. The fourth-order valence-corrected chi connectivity index (χ4v) is 5.76. The van der Waals surface area contributed by atoms with E-state index in [9.17, 15) is 14.0 Å². The number of thioether (sulfide) groups is 1. The lowest BCUT2D eigenvalue weighted by molar-refractivity contribution is -0.139. The van der Waals surface area contributed by atoms with Gasteiger partial charge in [0.15, 0.2) is 0 Å². The number of hydrogen-bond acceptors (Lipinski definition) is 3. The molecular formula is C25H28Cl3FN2O2S. The number of carbonyl (C=O) groups excluding carboxylic acids is 2. The zero-order valence-electron chi connectivity index (χ0n) is 19.0. The number of nitrogens with one attached hydrogen (secondary N) is 1. The third-order valence-electron chi connectivity index (χ3n) is 6.04. The average Bonchev–Trinajstić information content (AvgIpc) is 2.81. The van der Waals surface area contributed by atoms with Gasteiger partial charge in [-0.05, 0) is 44.0 Å². The molecule has 9 heteroatoms. The van der Waals surface area contributed by atoms with Gasteiger partial charge < -0.3 is 10.2 Å². The fraction of sp³-hybridized carbons (Fsp3) is 0.440. The van der Waals surface area contributed by atoms with Crippen LogP contribution in [0.2, 0.25) is 15.1 Å². The molecule has 0 radical (unpaired) electrons. The van der Waals surface area contributed by atoms with E-state index in [0.717, 1.165) is 25.7 Å². The largest absolute Gasteiger partial charge is 0.352 e. The van der Waals surface area contributed by atoms with Gasteiger partial charge in [-0.2, -0.15) is 0 Å². The standard InChI is InChI=1S/C25H28Cl3FN2O2S/c1-16(25(33)30-17-7-3-2-4-8-17)31(13-18-20(26)9-5-10-21(18)27)24(32)15-34-14-19-22(28)11-6-12-23(19)29/h5-6,9-12,16-17H,2-4,7-8,13-15H2,1H3,(H,30,33). The van der Waals surface area contributed by atoms with Crippen molar-refractivity contribution in [3.8, 4) is 0 Å². The van der Waals surface area contributed by atoms with Gasteiger partial charge in [-0.25, -0.2) is 4.39 Å². The van der Waals surface area contributed by atoms with E-state index < -0.39 is 11.9 Å². The van der Waals surface area contributed by atoms with Gasteiger partial charge in [0.05, 0.1) is 5.75 Å². The van der Waals surface area contributed by atoms with Gasteiger partial charge in [-0.3, -0.25) is 9.59 Å². The fourth-order valence-electron chi connectivity index (χ4n) is 4.00. The van der Waals surface area contributed by atoms with Crippen LogP contribution in [0.5, 0.6) is 0 Å². The second-order valence-electron chi connectivity index (χ2n) is 8.43. The highest BCUT2D eigenvalue weighted by Gasteiger charge is 2.29. The van der Waals surface area contributed by atoms with E-state index in [1.54, 1.807) is 37.3 Å². The zero-order valence-corrected chi connectivity index (χ0v) is 22.0. The van der Waals surface area contributed by atoms with Gasteiger partial charge in [-0.15, -0.1) is 11.8 Å². The molecule has 4 nitrogen and oxygen atoms in total. The lowest BCUT2D eigenvalue weighted by atomic mass is 9.95. The molecule has 2 aromatic rings. The Hall–Kier alpha value is -1.47. The molecule has 0 saturated heterocycles. The van der Waals surface area contributed by atoms with Crippen LogP contribution in [0.3, 0.4) is 0 Å². The van der Waals surface area contributed by atoms with Crippen molar-refractivity contribution >= 4 is 58.4 Å². The van der Waals surface area contributed by atoms with E-state index in [2.05, 4.69) is 5.32 Å². The molecule has 0 heterocycles. The van der Waals surface area contributed by atoms with E-state index in [-0.39, 0.29) is 35.9 Å². The second-order valence-corrected chi connectivity index (χ2v) is 10.6. The van der Waals surface area contributed by atoms with Crippen molar-refractivity contribution in [1.29, 1.82) is 0 Å². The molecule has 2 aromatic carbocycles. The van der Waals surface area contributed by atoms with Gasteiger partial charge in [0, 0.05) is 44.5 Å². The predicted octanol–water partition coefficient (Wildman–Crippen LogP) is 6.89. The maximum atomic E-state index is 14.1. The van der Waals surface area contributed by atoms with Gasteiger partial charge in [0.2, 0.25) is 11.8 Å². The normalized spacial score (nSPS) is 15.1. The maximum Gasteiger partial charge on any atom is 0.242 e. The molecule has 1 unspecified atom stereocenters. The van der Waals surface area contributed by atoms with Crippen molar-refractivity contribution in [1.82, 2.24) is 10.2 Å². The summed E-state index contributed by atoms with van der Waals surface area (Å²) in [5, 5.41) is 4.27. The van der Waals surface area contributed by atoms with Crippen molar-refractivity contribution in [2.75, 3.05) is 5.75 Å². The SMILES string of the molecule is CC(C(=O)NC1CCCCC1)N(Cc1c(Cl)cccc1Cl)C(=O)CSCc1c(F)cccc1Cl. The highest BCUT2D eigenvalue weighted by Crippen LogP contribution is 2.28. The van der Waals surface area contributed by atoms with Gasteiger partial charge in [0.25, 0.3) is 0 Å². The zero-order chi connectivity index (χ0) is 24.7. The summed E-state index contributed by atoms with van der Waals surface area (Å²) in [6.07, 6.45) is 5.25. The maximum absolute atomic E-state index is 14.1. The Morgan fingerprint density at radius 3 is 2.24 bits per heavy atom. The Labute approximate surface area is 219 Å². The van der Waals surface area contributed by atoms with Crippen LogP contribution in [0.1, 0.15) is 50.2 Å². The number of nitrogens with zero attached hydrogens (tertiary/aromatic N) is 1. The van der Waals surface area contributed by atoms with E-state index >= 15 is 0 Å². The highest BCUT2D eigenvalue weighted by molar-refractivity contribution is 7.99. The van der Waals surface area contributed by atoms with Crippen LogP contribution in [-0.4, -0.2) is 34.6 Å². The lowest BCUT2D eigenvalue weighted by Gasteiger charge is -2.31. The van der Waals surface area contributed by atoms with Gasteiger partial charge in [-0.1, -0.05) is 66.2 Å². The Morgan fingerprint density at radius 2 is 1.62 bits per heavy atom. The quantitative estimate of drug-likeness (QED) is 0.373. The second kappa shape index (κ2) is 13.0. The molecule has 0 bridgehead atoms. The number of halogens is 4. The first-order valence-corrected chi connectivity index (χ1v) is 13.6. The predicted molar refractivity (Wildman–Crippen MR) is 139 cm³/mol. The van der Waals surface area contributed by atoms with Crippen LogP contribution in [0.4, 0.5) is 4.39 Å². The van der Waals surface area contributed by atoms with E-state index in [1.165, 1.54) is 29.1 Å². The summed E-state index contributed by atoms with van der Waals surface area (Å²) >= 11 is 20.1. The molecule has 1 aliphatic rings. The Kier molecular flexibility index (Phi) is 10.4. The molecule has 1 aliphatic carbocycles. The molecule has 1 fully saturated rings. The summed E-state index contributed by atoms with van der Waals surface area (Å²) in [7, 11) is 0. The van der Waals surface area contributed by atoms with Crippen LogP contribution in [0.25, 0.3) is 0 Å². The van der Waals surface area contributed by atoms with Crippen molar-refractivity contribution in [2.45, 2.75) is 63.4 Å². The lowest BCUT2D eigenvalue weighted by Crippen LogP contribution is -2.50. The first kappa shape index (κ1) is 27.1. The summed E-state index contributed by atoms with van der Waals surface area (Å²) in [6.45, 7) is 1.80. The summed E-state index contributed by atoms with van der Waals surface area (Å²) in [6, 6.07) is 9.03. The summed E-state index contributed by atoms with van der Waals surface area (Å²) < 4.78 is 14.1. The number of benzene rings is 2. The molecule has 1 saturated carbocycles. The molecule has 3 rings (SSSR count). The minimum Gasteiger partial charge on any atom is -0.352 e. The monoisotopic (exact) mass is 544 g/mol. The molecule has 0 aliphatic heterocycles. The van der Waals surface area contributed by atoms with Crippen molar-refractivity contribution in [3.05, 3.63) is 68.4 Å². The first-order chi connectivity index (χ1) is 16.3. The number of rotatable bonds is 9. The Balaban J connectivity index is 1.73. The minimum absolute atomic E-state index is 0.0494. The molecule has 0 spiro atoms. The van der Waals surface area contributed by atoms with Gasteiger partial charge in [0.1, 0.15) is 11.9 Å². The summed E-state index contributed by atoms with van der Waals surface area (Å²) in [5.41, 5.74) is 0.935. The van der Waals surface area contributed by atoms with Crippen molar-refractivity contribution < 1.29 is 14.0 Å². The van der Waals surface area contributed by atoms with Crippen LogP contribution in [0.15, 0.2) is 36.4 Å². The third kappa shape index (κ3) is 7.27. The van der Waals surface area contributed by atoms with E-state index in [4.69, 9.17) is 34.8 Å². The van der Waals surface area contributed by atoms with E-state index in [0.29, 0.717) is 26.2 Å². The van der Waals surface area contributed by atoms with Crippen LogP contribution in [-0.2, 0) is 21.9 Å². The average molecular weight is 546 g/mol. The van der Waals surface area contributed by atoms with E-state index in [1.807, 2.05) is 0 Å². The molecule has 1 N–H and O–H groups in total. The highest BCUT2D eigenvalue weighted by atomic mass is 35.5. The molecule has 2 amide bonds. The molecule has 1 atom stereocenters. The van der Waals surface area contributed by atoms with Crippen LogP contribution >= 0.6 is 46.6 Å². The topological polar surface area (TPSA) is 49.4 Å². The molecule has 34 heavy (non-hydrogen) atoms. The van der Waals surface area contributed by atoms with Crippen molar-refractivity contribution in [2.24, 2.45) is 0 Å². The number of amides is 2. The number of hydrogen-bond donors (Lipinski definition) is 1. The number of carbonyl (C=O) groups is 2. The Bertz CT molecular complexity index is 977. The molecular weight excluding hydrogens is 518 g/mol. The third-order valence-corrected chi connectivity index (χ3v) is 8.05. The minimum atomic E-state index is -0.723. The van der Waals surface area contributed by atoms with Crippen LogP contribution < -0.4 is 5.32 Å². The van der Waals surface area contributed by atoms with Gasteiger partial charge >= 0.3 is 0 Å². The summed E-state index contributed by atoms with van der Waals surface area (Å²) in [5.74, 6) is -0.591. The van der Waals surface area contributed by atoms with Crippen molar-refractivity contribution in [3.63, 3.8) is 0 Å². The Morgan fingerprint density at radius 1 is 1.03 bits per heavy atom. The smallest absolute Gasteiger partial charge is 0.242 e. The first-order valence-electron chi connectivity index (χ1n) is 11.3.